The molecule has 0 atom stereocenters. The van der Waals surface area contributed by atoms with E-state index in [2.05, 4.69) is 6.92 Å². The van der Waals surface area contributed by atoms with Crippen LogP contribution in [0.1, 0.15) is 32.6 Å². The normalized spacial score (nSPS) is 9.07. The van der Waals surface area contributed by atoms with Gasteiger partial charge in [-0.2, -0.15) is 0 Å². The van der Waals surface area contributed by atoms with Crippen molar-refractivity contribution in [2.24, 2.45) is 0 Å². The monoisotopic (exact) mass is 241 g/mol. The molecule has 0 heterocycles. The van der Waals surface area contributed by atoms with Gasteiger partial charge < -0.3 is 4.90 Å². The number of amides is 1. The van der Waals surface area contributed by atoms with Gasteiger partial charge in [-0.15, -0.1) is 24.8 Å². The molecule has 0 aliphatic heterocycles. The van der Waals surface area contributed by atoms with Gasteiger partial charge in [0.15, 0.2) is 0 Å². The maximum atomic E-state index is 11.0. The summed E-state index contributed by atoms with van der Waals surface area (Å²) in [5.41, 5.74) is 0. The van der Waals surface area contributed by atoms with Gasteiger partial charge in [-0.1, -0.05) is 25.8 Å². The van der Waals surface area contributed by atoms with E-state index in [0.717, 1.165) is 6.42 Å². The maximum Gasteiger partial charge on any atom is 0.245 e. The van der Waals surface area contributed by atoms with Crippen molar-refractivity contribution in [1.29, 1.82) is 0 Å². The predicted octanol–water partition coefficient (Wildman–Crippen LogP) is 3.05. The Morgan fingerprint density at radius 2 is 1.79 bits per heavy atom. The van der Waals surface area contributed by atoms with Crippen LogP contribution in [0.2, 0.25) is 0 Å². The van der Waals surface area contributed by atoms with Crippen molar-refractivity contribution >= 4 is 30.7 Å². The van der Waals surface area contributed by atoms with Crippen LogP contribution in [0.5, 0.6) is 0 Å². The van der Waals surface area contributed by atoms with Gasteiger partial charge in [0.05, 0.1) is 0 Å². The van der Waals surface area contributed by atoms with Crippen molar-refractivity contribution in [3.8, 4) is 0 Å². The minimum absolute atomic E-state index is 0. The Morgan fingerprint density at radius 3 is 2.21 bits per heavy atom. The highest BCUT2D eigenvalue weighted by Gasteiger charge is 1.94. The van der Waals surface area contributed by atoms with Crippen LogP contribution < -0.4 is 0 Å². The molecule has 0 unspecified atom stereocenters. The number of halogens is 2. The Hall–Kier alpha value is -0.210. The van der Waals surface area contributed by atoms with Crippen molar-refractivity contribution in [1.82, 2.24) is 4.90 Å². The lowest BCUT2D eigenvalue weighted by Gasteiger charge is -2.04. The molecule has 0 bridgehead atoms. The molecule has 0 spiro atoms. The first-order chi connectivity index (χ1) is 5.68. The average molecular weight is 242 g/mol. The summed E-state index contributed by atoms with van der Waals surface area (Å²) in [6.45, 7) is 2.18. The van der Waals surface area contributed by atoms with E-state index >= 15 is 0 Å². The minimum atomic E-state index is 0. The third kappa shape index (κ3) is 11.8. The van der Waals surface area contributed by atoms with Crippen LogP contribution in [0.25, 0.3) is 0 Å². The Bertz CT molecular complexity index is 158. The molecule has 0 aliphatic carbocycles. The molecule has 4 heteroatoms. The predicted molar refractivity (Wildman–Crippen MR) is 66.5 cm³/mol. The third-order valence-corrected chi connectivity index (χ3v) is 1.68. The molecule has 0 aliphatic rings. The fourth-order valence-electron chi connectivity index (χ4n) is 0.845. The highest BCUT2D eigenvalue weighted by molar-refractivity contribution is 5.87. The number of hydrogen-bond acceptors (Lipinski definition) is 1. The van der Waals surface area contributed by atoms with Crippen LogP contribution in [-0.2, 0) is 4.79 Å². The van der Waals surface area contributed by atoms with E-state index in [9.17, 15) is 4.79 Å². The number of allylic oxidation sites excluding steroid dienone is 1. The fourth-order valence-corrected chi connectivity index (χ4v) is 0.845. The van der Waals surface area contributed by atoms with Crippen LogP contribution in [0.4, 0.5) is 0 Å². The van der Waals surface area contributed by atoms with Gasteiger partial charge in [0.1, 0.15) is 0 Å². The standard InChI is InChI=1S/C10H19NO.2ClH/c1-4-5-6-7-8-9-10(12)11(2)3;;/h8-9H,4-7H2,1-3H3;2*1H. The van der Waals surface area contributed by atoms with Crippen molar-refractivity contribution in [2.45, 2.75) is 32.6 Å². The maximum absolute atomic E-state index is 11.0. The molecule has 0 saturated heterocycles. The first-order valence-corrected chi connectivity index (χ1v) is 4.56. The zero-order valence-electron chi connectivity index (χ0n) is 9.16. The molecule has 2 nitrogen and oxygen atoms in total. The fraction of sp³-hybridized carbons (Fsp3) is 0.700. The summed E-state index contributed by atoms with van der Waals surface area (Å²) in [5.74, 6) is 0.0755. The molecule has 0 N–H and O–H groups in total. The second kappa shape index (κ2) is 12.8. The second-order valence-corrected chi connectivity index (χ2v) is 3.13. The molecular weight excluding hydrogens is 221 g/mol. The number of unbranched alkanes of at least 4 members (excludes halogenated alkanes) is 3. The summed E-state index contributed by atoms with van der Waals surface area (Å²) >= 11 is 0. The molecule has 86 valence electrons. The number of carbonyl (C=O) groups is 1. The quantitative estimate of drug-likeness (QED) is 0.536. The van der Waals surface area contributed by atoms with Crippen LogP contribution in [0.15, 0.2) is 12.2 Å². The number of rotatable bonds is 5. The summed E-state index contributed by atoms with van der Waals surface area (Å²) < 4.78 is 0. The van der Waals surface area contributed by atoms with Crippen LogP contribution >= 0.6 is 24.8 Å². The molecule has 0 rings (SSSR count). The molecular formula is C10H21Cl2NO. The number of nitrogens with zero attached hydrogens (tertiary/aromatic N) is 1. The van der Waals surface area contributed by atoms with E-state index < -0.39 is 0 Å². The number of hydrogen-bond donors (Lipinski definition) is 0. The molecule has 14 heavy (non-hydrogen) atoms. The second-order valence-electron chi connectivity index (χ2n) is 3.13. The Labute approximate surface area is 99.6 Å². The Kier molecular flexibility index (Phi) is 17.7. The first kappa shape index (κ1) is 19.4. The van der Waals surface area contributed by atoms with Crippen molar-refractivity contribution in [3.63, 3.8) is 0 Å². The molecule has 0 aromatic rings. The van der Waals surface area contributed by atoms with Gasteiger partial charge in [0, 0.05) is 14.1 Å². The lowest BCUT2D eigenvalue weighted by atomic mass is 10.2. The zero-order valence-corrected chi connectivity index (χ0v) is 10.8. The van der Waals surface area contributed by atoms with Gasteiger partial charge in [-0.25, -0.2) is 0 Å². The molecule has 0 radical (unpaired) electrons. The van der Waals surface area contributed by atoms with E-state index in [-0.39, 0.29) is 30.7 Å². The van der Waals surface area contributed by atoms with Crippen molar-refractivity contribution in [2.75, 3.05) is 14.1 Å². The first-order valence-electron chi connectivity index (χ1n) is 4.56. The van der Waals surface area contributed by atoms with E-state index in [1.54, 1.807) is 25.1 Å². The largest absolute Gasteiger partial charge is 0.345 e. The van der Waals surface area contributed by atoms with Crippen LogP contribution in [0, 0.1) is 0 Å². The summed E-state index contributed by atoms with van der Waals surface area (Å²) in [5, 5.41) is 0. The average Bonchev–Trinajstić information content (AvgIpc) is 2.03. The number of likely N-dealkylation sites (N-methyl/N-ethyl adjacent to an activating group) is 1. The summed E-state index contributed by atoms with van der Waals surface area (Å²) in [7, 11) is 3.53. The Balaban J connectivity index is -0.000000605. The van der Waals surface area contributed by atoms with Gasteiger partial charge in [0.25, 0.3) is 0 Å². The summed E-state index contributed by atoms with van der Waals surface area (Å²) in [6, 6.07) is 0. The lowest BCUT2D eigenvalue weighted by molar-refractivity contribution is -0.123. The molecule has 0 aromatic carbocycles. The molecule has 0 fully saturated rings. The van der Waals surface area contributed by atoms with E-state index in [1.165, 1.54) is 19.3 Å². The highest BCUT2D eigenvalue weighted by atomic mass is 35.5. The van der Waals surface area contributed by atoms with Gasteiger partial charge in [0.2, 0.25) is 5.91 Å². The molecule has 1 amide bonds. The van der Waals surface area contributed by atoms with Gasteiger partial charge in [-0.3, -0.25) is 4.79 Å². The summed E-state index contributed by atoms with van der Waals surface area (Å²) in [4.78, 5) is 12.6. The molecule has 0 aromatic heterocycles. The third-order valence-electron chi connectivity index (χ3n) is 1.68. The summed E-state index contributed by atoms with van der Waals surface area (Å²) in [6.07, 6.45) is 8.30. The van der Waals surface area contributed by atoms with Crippen LogP contribution in [-0.4, -0.2) is 24.9 Å². The van der Waals surface area contributed by atoms with Crippen molar-refractivity contribution in [3.05, 3.63) is 12.2 Å². The van der Waals surface area contributed by atoms with Crippen LogP contribution in [0.3, 0.4) is 0 Å². The topological polar surface area (TPSA) is 20.3 Å². The van der Waals surface area contributed by atoms with Gasteiger partial charge >= 0.3 is 0 Å². The Morgan fingerprint density at radius 1 is 1.21 bits per heavy atom. The van der Waals surface area contributed by atoms with Crippen molar-refractivity contribution < 1.29 is 4.79 Å². The molecule has 0 saturated carbocycles. The van der Waals surface area contributed by atoms with Gasteiger partial charge in [-0.05, 0) is 18.9 Å². The van der Waals surface area contributed by atoms with E-state index in [4.69, 9.17) is 0 Å². The highest BCUT2D eigenvalue weighted by Crippen LogP contribution is 1.99. The SMILES string of the molecule is CCCCCC=CC(=O)N(C)C.Cl.Cl. The lowest BCUT2D eigenvalue weighted by Crippen LogP contribution is -2.18. The zero-order chi connectivity index (χ0) is 9.40. The number of carbonyl (C=O) groups excluding carboxylic acids is 1. The van der Waals surface area contributed by atoms with E-state index in [1.807, 2.05) is 6.08 Å². The van der Waals surface area contributed by atoms with E-state index in [0.29, 0.717) is 0 Å². The smallest absolute Gasteiger partial charge is 0.245 e. The minimum Gasteiger partial charge on any atom is -0.345 e.